The molecule has 0 saturated carbocycles. The summed E-state index contributed by atoms with van der Waals surface area (Å²) in [5, 5.41) is 0.384. The molecule has 1 aliphatic heterocycles. The summed E-state index contributed by atoms with van der Waals surface area (Å²) >= 11 is 6.37. The van der Waals surface area contributed by atoms with Gasteiger partial charge >= 0.3 is 0 Å². The Morgan fingerprint density at radius 2 is 2.07 bits per heavy atom. The van der Waals surface area contributed by atoms with Gasteiger partial charge in [0.25, 0.3) is 5.91 Å². The first-order valence-electron chi connectivity index (χ1n) is 9.36. The number of hydrogen-bond donors (Lipinski definition) is 1. The second kappa shape index (κ2) is 9.16. The van der Waals surface area contributed by atoms with E-state index in [2.05, 4.69) is 4.98 Å². The highest BCUT2D eigenvalue weighted by molar-refractivity contribution is 7.89. The summed E-state index contributed by atoms with van der Waals surface area (Å²) in [5.74, 6) is 0.00992. The van der Waals surface area contributed by atoms with Crippen LogP contribution in [0.15, 0.2) is 36.5 Å². The first-order valence-corrected chi connectivity index (χ1v) is 11.6. The van der Waals surface area contributed by atoms with E-state index >= 15 is 0 Å². The van der Waals surface area contributed by atoms with Gasteiger partial charge in [0.15, 0.2) is 0 Å². The number of pyridine rings is 1. The zero-order chi connectivity index (χ0) is 21.9. The van der Waals surface area contributed by atoms with Gasteiger partial charge in [0.2, 0.25) is 15.9 Å². The van der Waals surface area contributed by atoms with Crippen molar-refractivity contribution in [2.24, 2.45) is 5.92 Å². The first kappa shape index (κ1) is 22.3. The molecule has 0 saturated heterocycles. The summed E-state index contributed by atoms with van der Waals surface area (Å²) in [5.41, 5.74) is 3.42. The molecular weight excluding hydrogens is 428 g/mol. The van der Waals surface area contributed by atoms with Gasteiger partial charge in [-0.3, -0.25) is 4.79 Å². The Bertz CT molecular complexity index is 1100. The van der Waals surface area contributed by atoms with Crippen LogP contribution in [-0.2, 0) is 14.8 Å². The Kier molecular flexibility index (Phi) is 6.80. The zero-order valence-corrected chi connectivity index (χ0v) is 18.5. The first-order chi connectivity index (χ1) is 14.1. The van der Waals surface area contributed by atoms with Crippen molar-refractivity contribution >= 4 is 33.1 Å². The third kappa shape index (κ3) is 5.59. The third-order valence-electron chi connectivity index (χ3n) is 4.28. The molecule has 0 aliphatic carbocycles. The smallest absolute Gasteiger partial charge is 0.264 e. The molecule has 0 bridgehead atoms. The van der Waals surface area contributed by atoms with Crippen LogP contribution in [0.4, 0.5) is 0 Å². The number of halogens is 1. The fraction of sp³-hybridized carbons (Fsp3) is 0.333. The van der Waals surface area contributed by atoms with Crippen LogP contribution in [0.25, 0.3) is 16.7 Å². The Morgan fingerprint density at radius 3 is 2.67 bits per heavy atom. The van der Waals surface area contributed by atoms with Gasteiger partial charge in [0, 0.05) is 17.3 Å². The average Bonchev–Trinajstić information content (AvgIpc) is 3.19. The molecule has 0 radical (unpaired) electrons. The highest BCUT2D eigenvalue weighted by Crippen LogP contribution is 2.34. The van der Waals surface area contributed by atoms with Crippen LogP contribution in [0.5, 0.6) is 5.88 Å². The number of ether oxygens (including phenoxy) is 2. The van der Waals surface area contributed by atoms with Gasteiger partial charge in [-0.2, -0.15) is 0 Å². The number of rotatable bonds is 7. The second-order valence-corrected chi connectivity index (χ2v) is 9.58. The monoisotopic (exact) mass is 450 g/mol. The maximum Gasteiger partial charge on any atom is 0.264 e. The van der Waals surface area contributed by atoms with E-state index in [1.807, 2.05) is 24.6 Å². The molecule has 0 fully saturated rings. The van der Waals surface area contributed by atoms with Gasteiger partial charge in [0.1, 0.15) is 5.02 Å². The van der Waals surface area contributed by atoms with Gasteiger partial charge in [-0.15, -0.1) is 0 Å². The molecule has 7 nitrogen and oxygen atoms in total. The summed E-state index contributed by atoms with van der Waals surface area (Å²) in [6, 6.07) is 6.71. The molecule has 2 aromatic rings. The third-order valence-corrected chi connectivity index (χ3v) is 5.11. The van der Waals surface area contributed by atoms with Crippen LogP contribution in [0.1, 0.15) is 29.8 Å². The van der Waals surface area contributed by atoms with Crippen LogP contribution in [0.3, 0.4) is 0 Å². The average molecular weight is 451 g/mol. The van der Waals surface area contributed by atoms with E-state index in [0.717, 1.165) is 28.5 Å². The lowest BCUT2D eigenvalue weighted by atomic mass is 9.93. The van der Waals surface area contributed by atoms with Gasteiger partial charge in [-0.25, -0.2) is 18.1 Å². The number of hydrogen-bond acceptors (Lipinski definition) is 6. The maximum absolute atomic E-state index is 12.3. The lowest BCUT2D eigenvalue weighted by molar-refractivity contribution is 0.0981. The summed E-state index contributed by atoms with van der Waals surface area (Å²) in [4.78, 5) is 16.6. The topological polar surface area (TPSA) is 94.6 Å². The Labute approximate surface area is 181 Å². The number of sulfonamides is 1. The summed E-state index contributed by atoms with van der Waals surface area (Å²) < 4.78 is 35.9. The Balaban J connectivity index is 2.00. The van der Waals surface area contributed by atoms with Crippen molar-refractivity contribution in [2.45, 2.75) is 13.8 Å². The molecule has 0 unspecified atom stereocenters. The molecule has 160 valence electrons. The van der Waals surface area contributed by atoms with Crippen molar-refractivity contribution in [3.63, 3.8) is 0 Å². The molecule has 2 heterocycles. The molecule has 0 atom stereocenters. The molecule has 1 N–H and O–H groups in total. The van der Waals surface area contributed by atoms with E-state index in [1.54, 1.807) is 30.5 Å². The van der Waals surface area contributed by atoms with Crippen molar-refractivity contribution in [3.8, 4) is 17.0 Å². The number of benzene rings is 1. The van der Waals surface area contributed by atoms with E-state index in [4.69, 9.17) is 21.1 Å². The molecule has 1 aliphatic rings. The highest BCUT2D eigenvalue weighted by Gasteiger charge is 2.19. The minimum atomic E-state index is -3.67. The van der Waals surface area contributed by atoms with Crippen molar-refractivity contribution < 1.29 is 22.7 Å². The zero-order valence-electron chi connectivity index (χ0n) is 16.9. The predicted molar refractivity (Wildman–Crippen MR) is 116 cm³/mol. The van der Waals surface area contributed by atoms with E-state index in [0.29, 0.717) is 36.6 Å². The molecule has 0 spiro atoms. The van der Waals surface area contributed by atoms with Crippen LogP contribution in [-0.4, -0.2) is 45.4 Å². The summed E-state index contributed by atoms with van der Waals surface area (Å²) in [7, 11) is -3.67. The molecule has 3 rings (SSSR count). The molecule has 1 amide bonds. The maximum atomic E-state index is 12.3. The molecule has 1 aromatic heterocycles. The predicted octanol–water partition coefficient (Wildman–Crippen LogP) is 3.54. The van der Waals surface area contributed by atoms with Crippen molar-refractivity contribution in [3.05, 3.63) is 52.7 Å². The number of carbonyl (C=O) groups excluding carboxylic acids is 1. The number of nitrogens with one attached hydrogen (secondary N) is 1. The lowest BCUT2D eigenvalue weighted by Crippen LogP contribution is -2.29. The Hall–Kier alpha value is -2.42. The summed E-state index contributed by atoms with van der Waals surface area (Å²) in [6.45, 7) is 5.43. The van der Waals surface area contributed by atoms with Crippen molar-refractivity contribution in [1.29, 1.82) is 0 Å². The molecule has 30 heavy (non-hydrogen) atoms. The Morgan fingerprint density at radius 1 is 1.30 bits per heavy atom. The van der Waals surface area contributed by atoms with Crippen LogP contribution < -0.4 is 9.46 Å². The minimum Gasteiger partial charge on any atom is -0.476 e. The van der Waals surface area contributed by atoms with Crippen molar-refractivity contribution in [1.82, 2.24) is 9.71 Å². The normalized spacial score (nSPS) is 14.0. The number of nitrogens with zero attached hydrogens (tertiary/aromatic N) is 1. The molecule has 1 aromatic carbocycles. The SMILES string of the molecule is CC(C)COc1ncc(-c2ccc(C(=O)NS(C)(=O)=O)cc2C2=CCOC2)cc1Cl. The minimum absolute atomic E-state index is 0.225. The largest absolute Gasteiger partial charge is 0.476 e. The van der Waals surface area contributed by atoms with E-state index < -0.39 is 15.9 Å². The highest BCUT2D eigenvalue weighted by atomic mass is 35.5. The quantitative estimate of drug-likeness (QED) is 0.693. The van der Waals surface area contributed by atoms with E-state index in [-0.39, 0.29) is 5.56 Å². The van der Waals surface area contributed by atoms with Crippen molar-refractivity contribution in [2.75, 3.05) is 26.1 Å². The second-order valence-electron chi connectivity index (χ2n) is 7.42. The standard InChI is InChI=1S/C21H23ClN2O5S/c1-13(2)11-29-21-19(22)9-16(10-23-21)17-5-4-14(20(25)24-30(3,26)27)8-18(17)15-6-7-28-12-15/h4-6,8-10,13H,7,11-12H2,1-3H3,(H,24,25). The van der Waals surface area contributed by atoms with Crippen LogP contribution >= 0.6 is 11.6 Å². The number of aromatic nitrogens is 1. The van der Waals surface area contributed by atoms with Crippen LogP contribution in [0, 0.1) is 5.92 Å². The fourth-order valence-corrected chi connectivity index (χ4v) is 3.61. The van der Waals surface area contributed by atoms with E-state index in [9.17, 15) is 13.2 Å². The fourth-order valence-electron chi connectivity index (χ4n) is 2.93. The van der Waals surface area contributed by atoms with Gasteiger partial charge in [0.05, 0.1) is 26.1 Å². The van der Waals surface area contributed by atoms with Crippen LogP contribution in [0.2, 0.25) is 5.02 Å². The lowest BCUT2D eigenvalue weighted by Gasteiger charge is -2.14. The number of amides is 1. The number of carbonyl (C=O) groups is 1. The molecule has 9 heteroatoms. The molecular formula is C21H23ClN2O5S. The van der Waals surface area contributed by atoms with E-state index in [1.165, 1.54) is 0 Å². The summed E-state index contributed by atoms with van der Waals surface area (Å²) in [6.07, 6.45) is 4.52. The van der Waals surface area contributed by atoms with Gasteiger partial charge in [-0.1, -0.05) is 37.6 Å². The van der Waals surface area contributed by atoms with Gasteiger partial charge in [-0.05, 0) is 40.8 Å². The van der Waals surface area contributed by atoms with Gasteiger partial charge < -0.3 is 9.47 Å².